The highest BCUT2D eigenvalue weighted by Crippen LogP contribution is 2.23. The van der Waals surface area contributed by atoms with Crippen LogP contribution in [0.25, 0.3) is 10.8 Å². The smallest absolute Gasteiger partial charge is 0.227 e. The van der Waals surface area contributed by atoms with Crippen LogP contribution in [0.3, 0.4) is 0 Å². The number of ketones is 1. The minimum atomic E-state index is -0.0145. The molecule has 0 N–H and O–H groups in total. The maximum Gasteiger partial charge on any atom is 0.227 e. The van der Waals surface area contributed by atoms with E-state index in [1.807, 2.05) is 48.5 Å². The van der Waals surface area contributed by atoms with Crippen molar-refractivity contribution in [1.29, 1.82) is 0 Å². The monoisotopic (exact) mass is 224 g/mol. The molecule has 0 spiro atoms. The van der Waals surface area contributed by atoms with Crippen molar-refractivity contribution in [3.05, 3.63) is 59.9 Å². The average Bonchev–Trinajstić information content (AvgIpc) is 2.91. The van der Waals surface area contributed by atoms with E-state index in [0.717, 1.165) is 22.8 Å². The molecule has 0 radical (unpaired) electrons. The fraction of sp³-hybridized carbons (Fsp3) is 0.133. The zero-order chi connectivity index (χ0) is 11.7. The highest BCUT2D eigenvalue weighted by atomic mass is 16.5. The third-order valence-corrected chi connectivity index (χ3v) is 2.96. The molecule has 0 saturated carbocycles. The van der Waals surface area contributed by atoms with Gasteiger partial charge in [-0.2, -0.15) is 0 Å². The Kier molecular flexibility index (Phi) is 2.41. The molecule has 2 aromatic rings. The first-order valence-electron chi connectivity index (χ1n) is 5.72. The van der Waals surface area contributed by atoms with E-state index < -0.39 is 0 Å². The number of ether oxygens (including phenoxy) is 1. The highest BCUT2D eigenvalue weighted by Gasteiger charge is 2.18. The molecule has 17 heavy (non-hydrogen) atoms. The van der Waals surface area contributed by atoms with Gasteiger partial charge in [0.05, 0.1) is 6.61 Å². The molecule has 0 atom stereocenters. The Balaban J connectivity index is 2.14. The zero-order valence-electron chi connectivity index (χ0n) is 9.35. The van der Waals surface area contributed by atoms with Crippen LogP contribution in [0.5, 0.6) is 0 Å². The lowest BCUT2D eigenvalue weighted by Gasteiger charge is -2.06. The van der Waals surface area contributed by atoms with Gasteiger partial charge in [-0.3, -0.25) is 4.79 Å². The first kappa shape index (κ1) is 10.1. The summed E-state index contributed by atoms with van der Waals surface area (Å²) in [4.78, 5) is 12.3. The van der Waals surface area contributed by atoms with Gasteiger partial charge in [-0.05, 0) is 16.8 Å². The van der Waals surface area contributed by atoms with E-state index in [2.05, 4.69) is 0 Å². The molecule has 0 bridgehead atoms. The quantitative estimate of drug-likeness (QED) is 0.731. The van der Waals surface area contributed by atoms with Crippen LogP contribution in [0.4, 0.5) is 0 Å². The summed E-state index contributed by atoms with van der Waals surface area (Å²) in [5.41, 5.74) is 0.719. The lowest BCUT2D eigenvalue weighted by molar-refractivity contribution is 0.0944. The van der Waals surface area contributed by atoms with Crippen LogP contribution in [0, 0.1) is 0 Å². The number of hydrogen-bond donors (Lipinski definition) is 0. The summed E-state index contributed by atoms with van der Waals surface area (Å²) in [6, 6.07) is 13.7. The summed E-state index contributed by atoms with van der Waals surface area (Å²) in [6.07, 6.45) is 2.69. The first-order valence-corrected chi connectivity index (χ1v) is 5.72. The SMILES string of the molecule is O=C(C1=CCCO1)c1cccc2ccccc12. The molecule has 0 amide bonds. The Morgan fingerprint density at radius 1 is 1.06 bits per heavy atom. The van der Waals surface area contributed by atoms with Gasteiger partial charge in [-0.15, -0.1) is 0 Å². The Hall–Kier alpha value is -2.09. The summed E-state index contributed by atoms with van der Waals surface area (Å²) >= 11 is 0. The molecule has 2 nitrogen and oxygen atoms in total. The molecule has 0 unspecified atom stereocenters. The van der Waals surface area contributed by atoms with Gasteiger partial charge >= 0.3 is 0 Å². The van der Waals surface area contributed by atoms with Crippen LogP contribution >= 0.6 is 0 Å². The van der Waals surface area contributed by atoms with E-state index in [1.165, 1.54) is 0 Å². The van der Waals surface area contributed by atoms with Crippen molar-refractivity contribution >= 4 is 16.6 Å². The number of hydrogen-bond acceptors (Lipinski definition) is 2. The zero-order valence-corrected chi connectivity index (χ0v) is 9.35. The van der Waals surface area contributed by atoms with E-state index in [4.69, 9.17) is 4.74 Å². The lowest BCUT2D eigenvalue weighted by atomic mass is 10.0. The topological polar surface area (TPSA) is 26.3 Å². The molecular formula is C15H12O2. The Morgan fingerprint density at radius 3 is 2.71 bits per heavy atom. The fourth-order valence-electron chi connectivity index (χ4n) is 2.13. The molecule has 84 valence electrons. The number of fused-ring (bicyclic) bond motifs is 1. The highest BCUT2D eigenvalue weighted by molar-refractivity contribution is 6.15. The van der Waals surface area contributed by atoms with Crippen LogP contribution in [-0.4, -0.2) is 12.4 Å². The first-order chi connectivity index (χ1) is 8.36. The summed E-state index contributed by atoms with van der Waals surface area (Å²) in [6.45, 7) is 0.617. The van der Waals surface area contributed by atoms with Crippen molar-refractivity contribution < 1.29 is 9.53 Å². The molecular weight excluding hydrogens is 212 g/mol. The summed E-state index contributed by atoms with van der Waals surface area (Å²) in [7, 11) is 0. The largest absolute Gasteiger partial charge is 0.489 e. The van der Waals surface area contributed by atoms with E-state index in [0.29, 0.717) is 12.4 Å². The Bertz CT molecular complexity index is 606. The van der Waals surface area contributed by atoms with E-state index in [-0.39, 0.29) is 5.78 Å². The minimum Gasteiger partial charge on any atom is -0.489 e. The second-order valence-corrected chi connectivity index (χ2v) is 4.06. The van der Waals surface area contributed by atoms with Crippen molar-refractivity contribution in [2.45, 2.75) is 6.42 Å². The maximum atomic E-state index is 12.3. The van der Waals surface area contributed by atoms with Crippen LogP contribution in [0.1, 0.15) is 16.8 Å². The van der Waals surface area contributed by atoms with Gasteiger partial charge in [0.15, 0.2) is 5.76 Å². The van der Waals surface area contributed by atoms with Crippen molar-refractivity contribution in [1.82, 2.24) is 0 Å². The second kappa shape index (κ2) is 4.06. The standard InChI is InChI=1S/C15H12O2/c16-15(14-9-4-10-17-14)13-8-3-6-11-5-1-2-7-12(11)13/h1-3,5-9H,4,10H2. The van der Waals surface area contributed by atoms with Crippen LogP contribution in [-0.2, 0) is 4.74 Å². The minimum absolute atomic E-state index is 0.0145. The molecule has 0 saturated heterocycles. The predicted octanol–water partition coefficient (Wildman–Crippen LogP) is 3.33. The van der Waals surface area contributed by atoms with Gasteiger partial charge < -0.3 is 4.74 Å². The summed E-state index contributed by atoms with van der Waals surface area (Å²) in [5, 5.41) is 2.06. The summed E-state index contributed by atoms with van der Waals surface area (Å²) < 4.78 is 5.33. The van der Waals surface area contributed by atoms with E-state index >= 15 is 0 Å². The second-order valence-electron chi connectivity index (χ2n) is 4.06. The molecule has 1 aliphatic heterocycles. The third kappa shape index (κ3) is 1.72. The van der Waals surface area contributed by atoms with Crippen LogP contribution in [0.2, 0.25) is 0 Å². The average molecular weight is 224 g/mol. The van der Waals surface area contributed by atoms with Crippen molar-refractivity contribution in [3.63, 3.8) is 0 Å². The van der Waals surface area contributed by atoms with Crippen molar-refractivity contribution in [2.75, 3.05) is 6.61 Å². The molecule has 0 fully saturated rings. The Morgan fingerprint density at radius 2 is 1.88 bits per heavy atom. The molecule has 0 aliphatic carbocycles. The maximum absolute atomic E-state index is 12.3. The van der Waals surface area contributed by atoms with Gasteiger partial charge in [0, 0.05) is 12.0 Å². The van der Waals surface area contributed by atoms with Gasteiger partial charge in [0.1, 0.15) is 0 Å². The van der Waals surface area contributed by atoms with Gasteiger partial charge in [0.25, 0.3) is 0 Å². The van der Waals surface area contributed by atoms with Crippen LogP contribution < -0.4 is 0 Å². The van der Waals surface area contributed by atoms with E-state index in [9.17, 15) is 4.79 Å². The summed E-state index contributed by atoms with van der Waals surface area (Å²) in [5.74, 6) is 0.473. The van der Waals surface area contributed by atoms with Crippen LogP contribution in [0.15, 0.2) is 54.3 Å². The number of carbonyl (C=O) groups excluding carboxylic acids is 1. The number of rotatable bonds is 2. The molecule has 1 heterocycles. The molecule has 3 rings (SSSR count). The van der Waals surface area contributed by atoms with E-state index in [1.54, 1.807) is 0 Å². The van der Waals surface area contributed by atoms with Gasteiger partial charge in [-0.25, -0.2) is 0 Å². The number of allylic oxidation sites excluding steroid dienone is 1. The molecule has 2 aromatic carbocycles. The van der Waals surface area contributed by atoms with Gasteiger partial charge in [0.2, 0.25) is 5.78 Å². The fourth-order valence-corrected chi connectivity index (χ4v) is 2.13. The van der Waals surface area contributed by atoms with Gasteiger partial charge in [-0.1, -0.05) is 42.5 Å². The van der Waals surface area contributed by atoms with Crippen molar-refractivity contribution in [3.8, 4) is 0 Å². The number of benzene rings is 2. The Labute approximate surface area is 99.5 Å². The normalized spacial score (nSPS) is 14.5. The van der Waals surface area contributed by atoms with Crippen molar-refractivity contribution in [2.24, 2.45) is 0 Å². The molecule has 0 aromatic heterocycles. The lowest BCUT2D eigenvalue weighted by Crippen LogP contribution is -2.04. The third-order valence-electron chi connectivity index (χ3n) is 2.96. The molecule has 1 aliphatic rings. The predicted molar refractivity (Wildman–Crippen MR) is 66.9 cm³/mol. The number of carbonyl (C=O) groups is 1. The number of Topliss-reactive ketones (excluding diaryl/α,β-unsaturated/α-hetero) is 1. The molecule has 2 heteroatoms.